The highest BCUT2D eigenvalue weighted by molar-refractivity contribution is 5.83. The second-order valence-corrected chi connectivity index (χ2v) is 7.99. The van der Waals surface area contributed by atoms with Crippen molar-refractivity contribution in [3.8, 4) is 5.75 Å². The van der Waals surface area contributed by atoms with Crippen LogP contribution in [0, 0.1) is 12.8 Å². The van der Waals surface area contributed by atoms with Gasteiger partial charge in [0.05, 0.1) is 13.2 Å². The molecule has 0 spiro atoms. The Hall–Kier alpha value is -2.83. The Labute approximate surface area is 169 Å². The van der Waals surface area contributed by atoms with E-state index in [-0.39, 0.29) is 30.2 Å². The molecule has 2 aromatic rings. The molecule has 7 nitrogen and oxygen atoms in total. The molecular formula is C22H26N2O5. The van der Waals surface area contributed by atoms with E-state index in [4.69, 9.17) is 9.15 Å². The van der Waals surface area contributed by atoms with Gasteiger partial charge in [0.25, 0.3) is 0 Å². The number of fused-ring (bicyclic) bond motifs is 1. The molecule has 1 N–H and O–H groups in total. The summed E-state index contributed by atoms with van der Waals surface area (Å²) in [5, 5.41) is 3.86. The number of aryl methyl sites for hydroxylation is 1. The maximum atomic E-state index is 12.5. The number of carbonyl (C=O) groups excluding carboxylic acids is 2. The molecule has 0 unspecified atom stereocenters. The van der Waals surface area contributed by atoms with E-state index in [1.165, 1.54) is 0 Å². The highest BCUT2D eigenvalue weighted by atomic mass is 16.5. The summed E-state index contributed by atoms with van der Waals surface area (Å²) in [6, 6.07) is 5.43. The van der Waals surface area contributed by atoms with Crippen LogP contribution < -0.4 is 15.7 Å². The lowest BCUT2D eigenvalue weighted by Crippen LogP contribution is -2.61. The zero-order valence-electron chi connectivity index (χ0n) is 16.8. The van der Waals surface area contributed by atoms with Crippen molar-refractivity contribution < 1.29 is 18.7 Å². The van der Waals surface area contributed by atoms with Crippen LogP contribution in [0.1, 0.15) is 36.8 Å². The number of amides is 2. The number of hydrogen-bond acceptors (Lipinski definition) is 5. The molecule has 1 aliphatic heterocycles. The van der Waals surface area contributed by atoms with Crippen molar-refractivity contribution in [3.63, 3.8) is 0 Å². The molecule has 2 heterocycles. The van der Waals surface area contributed by atoms with E-state index in [9.17, 15) is 14.4 Å². The molecule has 0 radical (unpaired) electrons. The number of hydrogen-bond donors (Lipinski definition) is 1. The lowest BCUT2D eigenvalue weighted by molar-refractivity contribution is -0.139. The number of rotatable bonds is 6. The quantitative estimate of drug-likeness (QED) is 0.754. The minimum absolute atomic E-state index is 0.00669. The minimum Gasteiger partial charge on any atom is -0.497 e. The average Bonchev–Trinajstić information content (AvgIpc) is 2.61. The van der Waals surface area contributed by atoms with Gasteiger partial charge in [-0.1, -0.05) is 6.42 Å². The van der Waals surface area contributed by atoms with E-state index in [1.54, 1.807) is 18.1 Å². The van der Waals surface area contributed by atoms with Gasteiger partial charge in [0.1, 0.15) is 11.3 Å². The summed E-state index contributed by atoms with van der Waals surface area (Å²) in [5.74, 6) is 0.900. The normalized spacial score (nSPS) is 17.0. The maximum absolute atomic E-state index is 12.5. The fraction of sp³-hybridized carbons (Fsp3) is 0.500. The fourth-order valence-electron chi connectivity index (χ4n) is 3.94. The van der Waals surface area contributed by atoms with Gasteiger partial charge in [0, 0.05) is 42.4 Å². The molecule has 154 valence electrons. The van der Waals surface area contributed by atoms with Crippen LogP contribution in [0.25, 0.3) is 11.0 Å². The number of carbonyl (C=O) groups is 2. The summed E-state index contributed by atoms with van der Waals surface area (Å²) >= 11 is 0. The number of methoxy groups -OCH3 is 1. The van der Waals surface area contributed by atoms with Crippen LogP contribution in [0.2, 0.25) is 0 Å². The van der Waals surface area contributed by atoms with Crippen LogP contribution in [0.4, 0.5) is 0 Å². The van der Waals surface area contributed by atoms with E-state index >= 15 is 0 Å². The number of nitrogens with one attached hydrogen (secondary N) is 1. The number of ether oxygens (including phenoxy) is 1. The van der Waals surface area contributed by atoms with Crippen molar-refractivity contribution in [1.29, 1.82) is 0 Å². The van der Waals surface area contributed by atoms with Gasteiger partial charge in [0.2, 0.25) is 11.8 Å². The summed E-state index contributed by atoms with van der Waals surface area (Å²) in [6.07, 6.45) is 3.66. The molecule has 2 amide bonds. The van der Waals surface area contributed by atoms with Crippen molar-refractivity contribution in [3.05, 3.63) is 39.7 Å². The zero-order chi connectivity index (χ0) is 20.5. The standard InChI is InChI=1S/C22H26N2O5/c1-13-17-7-6-16(28-2)10-19(17)29-22(27)18(13)8-9-20(25)24-11-15(12-24)23-21(26)14-4-3-5-14/h6-7,10,14-15H,3-5,8-9,11-12H2,1-2H3,(H,23,26). The predicted octanol–water partition coefficient (Wildman–Crippen LogP) is 2.17. The van der Waals surface area contributed by atoms with Crippen molar-refractivity contribution in [2.45, 2.75) is 45.1 Å². The van der Waals surface area contributed by atoms with Crippen LogP contribution in [0.3, 0.4) is 0 Å². The van der Waals surface area contributed by atoms with Gasteiger partial charge in [-0.15, -0.1) is 0 Å². The molecule has 1 aromatic heterocycles. The van der Waals surface area contributed by atoms with E-state index in [2.05, 4.69) is 5.32 Å². The summed E-state index contributed by atoms with van der Waals surface area (Å²) in [5.41, 5.74) is 1.44. The van der Waals surface area contributed by atoms with Gasteiger partial charge in [-0.3, -0.25) is 9.59 Å². The Bertz CT molecular complexity index is 1000. The second kappa shape index (κ2) is 7.89. The van der Waals surface area contributed by atoms with Gasteiger partial charge >= 0.3 is 5.63 Å². The van der Waals surface area contributed by atoms with Crippen LogP contribution in [0.15, 0.2) is 27.4 Å². The first-order valence-electron chi connectivity index (χ1n) is 10.1. The maximum Gasteiger partial charge on any atom is 0.339 e. The van der Waals surface area contributed by atoms with Gasteiger partial charge in [-0.25, -0.2) is 4.79 Å². The average molecular weight is 398 g/mol. The van der Waals surface area contributed by atoms with Gasteiger partial charge in [0.15, 0.2) is 0 Å². The van der Waals surface area contributed by atoms with E-state index in [0.717, 1.165) is 30.2 Å². The molecule has 4 rings (SSSR count). The van der Waals surface area contributed by atoms with E-state index in [0.29, 0.717) is 36.4 Å². The summed E-state index contributed by atoms with van der Waals surface area (Å²) < 4.78 is 10.6. The SMILES string of the molecule is COc1ccc2c(C)c(CCC(=O)N3CC(NC(=O)C4CCC4)C3)c(=O)oc2c1. The topological polar surface area (TPSA) is 88.9 Å². The molecule has 29 heavy (non-hydrogen) atoms. The van der Waals surface area contributed by atoms with Crippen LogP contribution >= 0.6 is 0 Å². The van der Waals surface area contributed by atoms with Gasteiger partial charge < -0.3 is 19.4 Å². The zero-order valence-corrected chi connectivity index (χ0v) is 16.8. The largest absolute Gasteiger partial charge is 0.497 e. The van der Waals surface area contributed by atoms with E-state index in [1.807, 2.05) is 19.1 Å². The molecular weight excluding hydrogens is 372 g/mol. The Morgan fingerprint density at radius 3 is 2.69 bits per heavy atom. The third-order valence-electron chi connectivity index (χ3n) is 6.14. The Balaban J connectivity index is 1.34. The summed E-state index contributed by atoms with van der Waals surface area (Å²) in [4.78, 5) is 38.6. The summed E-state index contributed by atoms with van der Waals surface area (Å²) in [6.45, 7) is 2.96. The third-order valence-corrected chi connectivity index (χ3v) is 6.14. The molecule has 0 bridgehead atoms. The van der Waals surface area contributed by atoms with E-state index < -0.39 is 5.63 Å². The molecule has 2 fully saturated rings. The monoisotopic (exact) mass is 398 g/mol. The van der Waals surface area contributed by atoms with Crippen LogP contribution in [-0.4, -0.2) is 43.0 Å². The van der Waals surface area contributed by atoms with Gasteiger partial charge in [-0.05, 0) is 43.9 Å². The molecule has 0 atom stereocenters. The fourth-order valence-corrected chi connectivity index (χ4v) is 3.94. The first-order chi connectivity index (χ1) is 14.0. The first-order valence-corrected chi connectivity index (χ1v) is 10.1. The first kappa shape index (κ1) is 19.5. The molecule has 1 saturated carbocycles. The molecule has 1 aliphatic carbocycles. The third kappa shape index (κ3) is 3.86. The number of nitrogens with zero attached hydrogens (tertiary/aromatic N) is 1. The highest BCUT2D eigenvalue weighted by Gasteiger charge is 2.34. The van der Waals surface area contributed by atoms with Crippen LogP contribution in [-0.2, 0) is 16.0 Å². The van der Waals surface area contributed by atoms with Crippen molar-refractivity contribution in [2.75, 3.05) is 20.2 Å². The van der Waals surface area contributed by atoms with Crippen molar-refractivity contribution in [2.24, 2.45) is 5.92 Å². The second-order valence-electron chi connectivity index (χ2n) is 7.99. The Morgan fingerprint density at radius 2 is 2.03 bits per heavy atom. The van der Waals surface area contributed by atoms with Crippen molar-refractivity contribution in [1.82, 2.24) is 10.2 Å². The smallest absolute Gasteiger partial charge is 0.339 e. The molecule has 2 aliphatic rings. The summed E-state index contributed by atoms with van der Waals surface area (Å²) in [7, 11) is 1.56. The van der Waals surface area contributed by atoms with Gasteiger partial charge in [-0.2, -0.15) is 0 Å². The molecule has 7 heteroatoms. The predicted molar refractivity (Wildman–Crippen MR) is 108 cm³/mol. The number of likely N-dealkylation sites (tertiary alicyclic amines) is 1. The van der Waals surface area contributed by atoms with Crippen molar-refractivity contribution >= 4 is 22.8 Å². The molecule has 1 saturated heterocycles. The number of benzene rings is 1. The Morgan fingerprint density at radius 1 is 1.28 bits per heavy atom. The van der Waals surface area contributed by atoms with Crippen LogP contribution in [0.5, 0.6) is 5.75 Å². The lowest BCUT2D eigenvalue weighted by atomic mass is 9.84. The Kier molecular flexibility index (Phi) is 5.30. The minimum atomic E-state index is -0.412. The highest BCUT2D eigenvalue weighted by Crippen LogP contribution is 2.27. The molecule has 1 aromatic carbocycles. The lowest BCUT2D eigenvalue weighted by Gasteiger charge is -2.40.